The van der Waals surface area contributed by atoms with Crippen molar-refractivity contribution in [2.45, 2.75) is 24.7 Å². The molecule has 1 amide bonds. The van der Waals surface area contributed by atoms with E-state index in [1.807, 2.05) is 17.5 Å². The zero-order chi connectivity index (χ0) is 21.0. The second-order valence-electron chi connectivity index (χ2n) is 8.95. The van der Waals surface area contributed by atoms with Crippen LogP contribution in [0.1, 0.15) is 45.5 Å². The lowest BCUT2D eigenvalue weighted by Gasteiger charge is -2.34. The van der Waals surface area contributed by atoms with Gasteiger partial charge in [-0.3, -0.25) is 4.79 Å². The number of piperidine rings is 1. The second-order valence-corrected chi connectivity index (χ2v) is 9.90. The number of amides is 1. The number of hydrogen-bond acceptors (Lipinski definition) is 3. The van der Waals surface area contributed by atoms with Gasteiger partial charge in [0.1, 0.15) is 0 Å². The van der Waals surface area contributed by atoms with Crippen LogP contribution in [0.2, 0.25) is 0 Å². The van der Waals surface area contributed by atoms with Crippen molar-refractivity contribution in [1.29, 1.82) is 0 Å². The van der Waals surface area contributed by atoms with Crippen molar-refractivity contribution in [3.8, 4) is 0 Å². The van der Waals surface area contributed by atoms with E-state index in [-0.39, 0.29) is 5.91 Å². The smallest absolute Gasteiger partial charge is 0.263 e. The van der Waals surface area contributed by atoms with Gasteiger partial charge in [0.15, 0.2) is 0 Å². The molecule has 0 bridgehead atoms. The molecule has 160 valence electrons. The monoisotopic (exact) mass is 430 g/mol. The average molecular weight is 431 g/mol. The number of rotatable bonds is 5. The standard InChI is InChI=1S/C27H30N2OS/c30-27(26-12-7-17-31-26)29-19-24(25(20-29)23-10-5-2-6-11-23)18-28-15-13-22(14-16-28)21-8-3-1-4-9-21/h1-12,17,22,24-25H,13-16,18-20H2. The Balaban J connectivity index is 1.27. The summed E-state index contributed by atoms with van der Waals surface area (Å²) in [5.74, 6) is 1.78. The molecule has 0 spiro atoms. The van der Waals surface area contributed by atoms with Gasteiger partial charge in [0.25, 0.3) is 5.91 Å². The molecule has 2 saturated heterocycles. The number of likely N-dealkylation sites (tertiary alicyclic amines) is 2. The summed E-state index contributed by atoms with van der Waals surface area (Å²) in [5.41, 5.74) is 2.85. The highest BCUT2D eigenvalue weighted by molar-refractivity contribution is 7.12. The van der Waals surface area contributed by atoms with Gasteiger partial charge in [-0.2, -0.15) is 0 Å². The SMILES string of the molecule is O=C(c1cccs1)N1CC(CN2CCC(c3ccccc3)CC2)C(c2ccccc2)C1. The third kappa shape index (κ3) is 4.60. The van der Waals surface area contributed by atoms with Crippen LogP contribution in [0.4, 0.5) is 0 Å². The zero-order valence-electron chi connectivity index (χ0n) is 17.9. The molecule has 2 aromatic carbocycles. The van der Waals surface area contributed by atoms with Crippen LogP contribution < -0.4 is 0 Å². The van der Waals surface area contributed by atoms with Gasteiger partial charge >= 0.3 is 0 Å². The molecule has 4 heteroatoms. The van der Waals surface area contributed by atoms with E-state index >= 15 is 0 Å². The quantitative estimate of drug-likeness (QED) is 0.535. The molecular formula is C27H30N2OS. The van der Waals surface area contributed by atoms with E-state index in [0.29, 0.717) is 17.8 Å². The minimum Gasteiger partial charge on any atom is -0.337 e. The number of nitrogens with zero attached hydrogens (tertiary/aromatic N) is 2. The highest BCUT2D eigenvalue weighted by atomic mass is 32.1. The molecule has 0 saturated carbocycles. The van der Waals surface area contributed by atoms with Crippen molar-refractivity contribution in [3.05, 3.63) is 94.2 Å². The molecule has 3 nitrogen and oxygen atoms in total. The lowest BCUT2D eigenvalue weighted by molar-refractivity contribution is 0.0786. The second kappa shape index (κ2) is 9.37. The summed E-state index contributed by atoms with van der Waals surface area (Å²) >= 11 is 1.55. The van der Waals surface area contributed by atoms with Crippen LogP contribution >= 0.6 is 11.3 Å². The lowest BCUT2D eigenvalue weighted by atomic mass is 9.86. The van der Waals surface area contributed by atoms with Gasteiger partial charge in [-0.05, 0) is 60.3 Å². The Morgan fingerprint density at radius 1 is 0.839 bits per heavy atom. The minimum absolute atomic E-state index is 0.196. The molecule has 2 atom stereocenters. The zero-order valence-corrected chi connectivity index (χ0v) is 18.7. The van der Waals surface area contributed by atoms with E-state index < -0.39 is 0 Å². The fourth-order valence-electron chi connectivity index (χ4n) is 5.36. The van der Waals surface area contributed by atoms with Gasteiger partial charge < -0.3 is 9.80 Å². The van der Waals surface area contributed by atoms with Crippen molar-refractivity contribution < 1.29 is 4.79 Å². The molecule has 0 aliphatic carbocycles. The highest BCUT2D eigenvalue weighted by Gasteiger charge is 2.38. The van der Waals surface area contributed by atoms with Crippen molar-refractivity contribution in [2.24, 2.45) is 5.92 Å². The van der Waals surface area contributed by atoms with E-state index in [1.54, 1.807) is 11.3 Å². The minimum atomic E-state index is 0.196. The van der Waals surface area contributed by atoms with E-state index in [4.69, 9.17) is 0 Å². The molecule has 2 aliphatic heterocycles. The van der Waals surface area contributed by atoms with Crippen molar-refractivity contribution in [1.82, 2.24) is 9.80 Å². The molecule has 3 heterocycles. The van der Waals surface area contributed by atoms with E-state index in [1.165, 1.54) is 24.0 Å². The predicted octanol–water partition coefficient (Wildman–Crippen LogP) is 5.48. The third-order valence-electron chi connectivity index (χ3n) is 7.04. The first kappa shape index (κ1) is 20.5. The number of carbonyl (C=O) groups is 1. The first-order valence-corrected chi connectivity index (χ1v) is 12.3. The summed E-state index contributed by atoms with van der Waals surface area (Å²) < 4.78 is 0. The van der Waals surface area contributed by atoms with E-state index in [9.17, 15) is 4.79 Å². The Morgan fingerprint density at radius 3 is 2.16 bits per heavy atom. The normalized spacial score (nSPS) is 22.6. The van der Waals surface area contributed by atoms with E-state index in [2.05, 4.69) is 70.5 Å². The van der Waals surface area contributed by atoms with E-state index in [0.717, 1.165) is 37.6 Å². The van der Waals surface area contributed by atoms with Crippen molar-refractivity contribution in [3.63, 3.8) is 0 Å². The Hall–Kier alpha value is -2.43. The Morgan fingerprint density at radius 2 is 1.52 bits per heavy atom. The Labute approximate surface area is 189 Å². The molecule has 2 fully saturated rings. The maximum Gasteiger partial charge on any atom is 0.263 e. The molecule has 2 aliphatic rings. The summed E-state index contributed by atoms with van der Waals surface area (Å²) in [4.78, 5) is 18.6. The van der Waals surface area contributed by atoms with Gasteiger partial charge in [-0.25, -0.2) is 0 Å². The summed E-state index contributed by atoms with van der Waals surface area (Å²) in [6.45, 7) is 5.06. The Kier molecular flexibility index (Phi) is 6.19. The number of hydrogen-bond donors (Lipinski definition) is 0. The van der Waals surface area contributed by atoms with Crippen molar-refractivity contribution in [2.75, 3.05) is 32.7 Å². The first-order chi connectivity index (χ1) is 15.3. The fraction of sp³-hybridized carbons (Fsp3) is 0.370. The molecule has 31 heavy (non-hydrogen) atoms. The fourth-order valence-corrected chi connectivity index (χ4v) is 6.05. The third-order valence-corrected chi connectivity index (χ3v) is 7.90. The molecule has 5 rings (SSSR count). The molecule has 3 aromatic rings. The lowest BCUT2D eigenvalue weighted by Crippen LogP contribution is -2.38. The van der Waals surface area contributed by atoms with Gasteiger partial charge in [-0.1, -0.05) is 66.7 Å². The molecule has 0 N–H and O–H groups in total. The maximum atomic E-state index is 13.0. The summed E-state index contributed by atoms with van der Waals surface area (Å²) in [7, 11) is 0. The summed E-state index contributed by atoms with van der Waals surface area (Å²) in [6, 6.07) is 25.7. The average Bonchev–Trinajstić information content (AvgIpc) is 3.51. The van der Waals surface area contributed by atoms with Gasteiger partial charge in [0.2, 0.25) is 0 Å². The number of thiophene rings is 1. The van der Waals surface area contributed by atoms with Crippen molar-refractivity contribution >= 4 is 17.2 Å². The molecule has 1 aromatic heterocycles. The Bertz CT molecular complexity index is 965. The predicted molar refractivity (Wildman–Crippen MR) is 128 cm³/mol. The molecular weight excluding hydrogens is 400 g/mol. The molecule has 2 unspecified atom stereocenters. The van der Waals surface area contributed by atoms with Gasteiger partial charge in [0.05, 0.1) is 4.88 Å². The largest absolute Gasteiger partial charge is 0.337 e. The highest BCUT2D eigenvalue weighted by Crippen LogP contribution is 2.36. The van der Waals surface area contributed by atoms with Gasteiger partial charge in [0, 0.05) is 25.6 Å². The van der Waals surface area contributed by atoms with Crippen LogP contribution in [-0.4, -0.2) is 48.4 Å². The summed E-state index contributed by atoms with van der Waals surface area (Å²) in [5, 5.41) is 1.99. The maximum absolute atomic E-state index is 13.0. The first-order valence-electron chi connectivity index (χ1n) is 11.4. The van der Waals surface area contributed by atoms with Crippen LogP contribution in [0.3, 0.4) is 0 Å². The van der Waals surface area contributed by atoms with Crippen LogP contribution in [0.25, 0.3) is 0 Å². The van der Waals surface area contributed by atoms with Crippen LogP contribution in [0.15, 0.2) is 78.2 Å². The van der Waals surface area contributed by atoms with Gasteiger partial charge in [-0.15, -0.1) is 11.3 Å². The summed E-state index contributed by atoms with van der Waals surface area (Å²) in [6.07, 6.45) is 2.45. The number of benzene rings is 2. The number of carbonyl (C=O) groups excluding carboxylic acids is 1. The topological polar surface area (TPSA) is 23.6 Å². The van der Waals surface area contributed by atoms with Crippen LogP contribution in [0.5, 0.6) is 0 Å². The van der Waals surface area contributed by atoms with Crippen LogP contribution in [0, 0.1) is 5.92 Å². The van der Waals surface area contributed by atoms with Crippen LogP contribution in [-0.2, 0) is 0 Å². The molecule has 0 radical (unpaired) electrons.